The van der Waals surface area contributed by atoms with Crippen LogP contribution in [-0.4, -0.2) is 23.7 Å². The van der Waals surface area contributed by atoms with Gasteiger partial charge in [-0.2, -0.15) is 0 Å². The summed E-state index contributed by atoms with van der Waals surface area (Å²) in [5, 5.41) is 11.5. The monoisotopic (exact) mass is 171 g/mol. The van der Waals surface area contributed by atoms with Gasteiger partial charge in [0.1, 0.15) is 0 Å². The van der Waals surface area contributed by atoms with Gasteiger partial charge >= 0.3 is 0 Å². The highest BCUT2D eigenvalue weighted by molar-refractivity contribution is 5.81. The van der Waals surface area contributed by atoms with Crippen LogP contribution in [0.1, 0.15) is 26.7 Å². The number of nitrogens with one attached hydrogen (secondary N) is 1. The number of aliphatic hydroxyl groups is 1. The lowest BCUT2D eigenvalue weighted by atomic mass is 10.2. The first kappa shape index (κ1) is 9.52. The van der Waals surface area contributed by atoms with Crippen LogP contribution in [0.3, 0.4) is 0 Å². The molecule has 1 amide bonds. The van der Waals surface area contributed by atoms with Crippen molar-refractivity contribution in [3.05, 3.63) is 0 Å². The molecule has 70 valence electrons. The zero-order valence-corrected chi connectivity index (χ0v) is 7.71. The molecule has 0 aliphatic heterocycles. The summed E-state index contributed by atoms with van der Waals surface area (Å²) in [5.41, 5.74) is 0. The first-order chi connectivity index (χ1) is 5.65. The van der Waals surface area contributed by atoms with Crippen molar-refractivity contribution in [2.45, 2.75) is 32.7 Å². The Morgan fingerprint density at radius 2 is 2.33 bits per heavy atom. The van der Waals surface area contributed by atoms with Gasteiger partial charge < -0.3 is 10.4 Å². The topological polar surface area (TPSA) is 49.3 Å². The van der Waals surface area contributed by atoms with Gasteiger partial charge in [0.25, 0.3) is 0 Å². The fourth-order valence-corrected chi connectivity index (χ4v) is 1.30. The molecule has 1 fully saturated rings. The van der Waals surface area contributed by atoms with Crippen LogP contribution in [0.2, 0.25) is 0 Å². The summed E-state index contributed by atoms with van der Waals surface area (Å²) in [4.78, 5) is 11.3. The maximum atomic E-state index is 11.3. The highest BCUT2D eigenvalue weighted by Gasteiger charge is 2.39. The summed E-state index contributed by atoms with van der Waals surface area (Å²) >= 11 is 0. The summed E-state index contributed by atoms with van der Waals surface area (Å²) in [5.74, 6) is 0.959. The van der Waals surface area contributed by atoms with E-state index in [9.17, 15) is 4.79 Å². The zero-order chi connectivity index (χ0) is 9.14. The minimum atomic E-state index is 0.107. The Bertz CT molecular complexity index is 170. The molecule has 0 aromatic heterocycles. The van der Waals surface area contributed by atoms with E-state index in [0.29, 0.717) is 12.3 Å². The number of rotatable bonds is 4. The smallest absolute Gasteiger partial charge is 0.223 e. The molecule has 1 aliphatic rings. The lowest BCUT2D eigenvalue weighted by molar-refractivity contribution is -0.123. The second-order valence-corrected chi connectivity index (χ2v) is 3.74. The number of carbonyl (C=O) groups is 1. The molecule has 3 heteroatoms. The predicted molar refractivity (Wildman–Crippen MR) is 46.6 cm³/mol. The van der Waals surface area contributed by atoms with E-state index < -0.39 is 0 Å². The molecule has 0 bridgehead atoms. The van der Waals surface area contributed by atoms with Crippen LogP contribution in [0.25, 0.3) is 0 Å². The maximum absolute atomic E-state index is 11.3. The van der Waals surface area contributed by atoms with E-state index in [2.05, 4.69) is 12.2 Å². The normalized spacial score (nSPS) is 29.6. The van der Waals surface area contributed by atoms with E-state index in [4.69, 9.17) is 5.11 Å². The summed E-state index contributed by atoms with van der Waals surface area (Å²) in [6.07, 6.45) is 1.67. The van der Waals surface area contributed by atoms with Gasteiger partial charge in [-0.1, -0.05) is 6.92 Å². The lowest BCUT2D eigenvalue weighted by Crippen LogP contribution is -2.34. The molecule has 3 nitrogen and oxygen atoms in total. The van der Waals surface area contributed by atoms with Crippen LogP contribution in [-0.2, 0) is 4.79 Å². The molecule has 3 atom stereocenters. The summed E-state index contributed by atoms with van der Waals surface area (Å²) in [7, 11) is 0. The summed E-state index contributed by atoms with van der Waals surface area (Å²) in [6, 6.07) is 0.107. The number of amides is 1. The molecule has 0 aromatic rings. The van der Waals surface area contributed by atoms with Crippen molar-refractivity contribution >= 4 is 5.91 Å². The molecule has 1 rings (SSSR count). The molecule has 2 N–H and O–H groups in total. The number of carbonyl (C=O) groups excluding carboxylic acids is 1. The van der Waals surface area contributed by atoms with Crippen molar-refractivity contribution in [1.29, 1.82) is 0 Å². The van der Waals surface area contributed by atoms with Crippen LogP contribution >= 0.6 is 0 Å². The number of hydrogen-bond acceptors (Lipinski definition) is 2. The third-order valence-electron chi connectivity index (χ3n) is 2.40. The van der Waals surface area contributed by atoms with Gasteiger partial charge in [0.15, 0.2) is 0 Å². The molecule has 0 saturated heterocycles. The van der Waals surface area contributed by atoms with E-state index >= 15 is 0 Å². The SMILES string of the molecule is CC(CCO)NC(=O)C1CC1C. The molecule has 0 aromatic carbocycles. The first-order valence-corrected chi connectivity index (χ1v) is 4.56. The largest absolute Gasteiger partial charge is 0.396 e. The van der Waals surface area contributed by atoms with E-state index in [-0.39, 0.29) is 24.5 Å². The van der Waals surface area contributed by atoms with Crippen LogP contribution in [0.4, 0.5) is 0 Å². The molecule has 0 spiro atoms. The fraction of sp³-hybridized carbons (Fsp3) is 0.889. The average Bonchev–Trinajstić information content (AvgIpc) is 2.67. The van der Waals surface area contributed by atoms with Crippen molar-refractivity contribution in [1.82, 2.24) is 5.32 Å². The van der Waals surface area contributed by atoms with Gasteiger partial charge in [-0.25, -0.2) is 0 Å². The molecular weight excluding hydrogens is 154 g/mol. The van der Waals surface area contributed by atoms with Crippen LogP contribution in [0.5, 0.6) is 0 Å². The Balaban J connectivity index is 2.17. The van der Waals surface area contributed by atoms with Crippen LogP contribution < -0.4 is 5.32 Å². The van der Waals surface area contributed by atoms with Crippen molar-refractivity contribution < 1.29 is 9.90 Å². The quantitative estimate of drug-likeness (QED) is 0.648. The van der Waals surface area contributed by atoms with E-state index in [1.54, 1.807) is 0 Å². The Labute approximate surface area is 73.2 Å². The van der Waals surface area contributed by atoms with Gasteiger partial charge in [0.05, 0.1) is 0 Å². The van der Waals surface area contributed by atoms with Gasteiger partial charge in [-0.15, -0.1) is 0 Å². The molecular formula is C9H17NO2. The van der Waals surface area contributed by atoms with Crippen molar-refractivity contribution in [2.75, 3.05) is 6.61 Å². The average molecular weight is 171 g/mol. The minimum absolute atomic E-state index is 0.107. The maximum Gasteiger partial charge on any atom is 0.223 e. The number of hydrogen-bond donors (Lipinski definition) is 2. The Morgan fingerprint density at radius 1 is 1.75 bits per heavy atom. The summed E-state index contributed by atoms with van der Waals surface area (Å²) in [6.45, 7) is 4.14. The van der Waals surface area contributed by atoms with Crippen molar-refractivity contribution in [2.24, 2.45) is 11.8 Å². The highest BCUT2D eigenvalue weighted by atomic mass is 16.3. The molecule has 1 aliphatic carbocycles. The van der Waals surface area contributed by atoms with Crippen LogP contribution in [0, 0.1) is 11.8 Å². The van der Waals surface area contributed by atoms with Crippen molar-refractivity contribution in [3.8, 4) is 0 Å². The second-order valence-electron chi connectivity index (χ2n) is 3.74. The molecule has 3 unspecified atom stereocenters. The van der Waals surface area contributed by atoms with Gasteiger partial charge in [0.2, 0.25) is 5.91 Å². The third kappa shape index (κ3) is 2.48. The second kappa shape index (κ2) is 3.90. The Hall–Kier alpha value is -0.570. The Kier molecular flexibility index (Phi) is 3.09. The van der Waals surface area contributed by atoms with E-state index in [0.717, 1.165) is 6.42 Å². The van der Waals surface area contributed by atoms with Crippen molar-refractivity contribution in [3.63, 3.8) is 0 Å². The first-order valence-electron chi connectivity index (χ1n) is 4.56. The lowest BCUT2D eigenvalue weighted by Gasteiger charge is -2.11. The molecule has 0 radical (unpaired) electrons. The van der Waals surface area contributed by atoms with E-state index in [1.807, 2.05) is 6.92 Å². The number of aliphatic hydroxyl groups excluding tert-OH is 1. The standard InChI is InChI=1S/C9H17NO2/c1-6-5-8(6)9(12)10-7(2)3-4-11/h6-8,11H,3-5H2,1-2H3,(H,10,12). The van der Waals surface area contributed by atoms with Gasteiger partial charge in [-0.05, 0) is 25.7 Å². The third-order valence-corrected chi connectivity index (χ3v) is 2.40. The molecule has 1 saturated carbocycles. The summed E-state index contributed by atoms with van der Waals surface area (Å²) < 4.78 is 0. The highest BCUT2D eigenvalue weighted by Crippen LogP contribution is 2.37. The zero-order valence-electron chi connectivity index (χ0n) is 7.71. The fourth-order valence-electron chi connectivity index (χ4n) is 1.30. The molecule has 12 heavy (non-hydrogen) atoms. The minimum Gasteiger partial charge on any atom is -0.396 e. The Morgan fingerprint density at radius 3 is 2.75 bits per heavy atom. The van der Waals surface area contributed by atoms with Gasteiger partial charge in [0, 0.05) is 18.6 Å². The van der Waals surface area contributed by atoms with Gasteiger partial charge in [-0.3, -0.25) is 4.79 Å². The predicted octanol–water partition coefficient (Wildman–Crippen LogP) is 0.529. The van der Waals surface area contributed by atoms with E-state index in [1.165, 1.54) is 0 Å². The van der Waals surface area contributed by atoms with Crippen LogP contribution in [0.15, 0.2) is 0 Å². The molecule has 0 heterocycles.